The van der Waals surface area contributed by atoms with Gasteiger partial charge in [0.25, 0.3) is 0 Å². The number of likely N-dealkylation sites (tertiary alicyclic amines) is 1. The molecular weight excluding hydrogens is 627 g/mol. The number of thiophene rings is 1. The second kappa shape index (κ2) is 10.9. The van der Waals surface area contributed by atoms with Gasteiger partial charge < -0.3 is 25.0 Å². The number of hydrogen-bond acceptors (Lipinski definition) is 12. The van der Waals surface area contributed by atoms with Crippen molar-refractivity contribution in [3.63, 3.8) is 0 Å². The molecule has 9 rings (SSSR count). The summed E-state index contributed by atoms with van der Waals surface area (Å²) in [5, 5.41) is 32.7. The number of aryl methyl sites for hydroxylation is 1. The predicted molar refractivity (Wildman–Crippen MR) is 182 cm³/mol. The average molecular weight is 670 g/mol. The molecule has 1 spiro atoms. The van der Waals surface area contributed by atoms with Gasteiger partial charge in [-0.3, -0.25) is 4.90 Å². The standard InChI is InChI=1S/C35H43N9O3S/c1-4-42-15-7-9-23(42)19(2)44-32-25-31(43-18-34(3,45)14-11-20(43)17-46-33(25)40-44)38-30(39-32)27-21-8-5-12-35(28(21)47-41-27)13-6-10-24-26(35)22(16-36)29(37)48-24/h19-20,23,45H,4-15,17-18,37H2,1-3H3. The molecule has 12 nitrogen and oxygen atoms in total. The van der Waals surface area contributed by atoms with E-state index in [1.807, 2.05) is 6.92 Å². The zero-order chi connectivity index (χ0) is 32.9. The van der Waals surface area contributed by atoms with Crippen LogP contribution in [0, 0.1) is 11.3 Å². The number of aliphatic hydroxyl groups is 1. The Balaban J connectivity index is 1.24. The Morgan fingerprint density at radius 3 is 2.81 bits per heavy atom. The summed E-state index contributed by atoms with van der Waals surface area (Å²) < 4.78 is 14.9. The Morgan fingerprint density at radius 2 is 2.00 bits per heavy atom. The van der Waals surface area contributed by atoms with Crippen molar-refractivity contribution in [2.24, 2.45) is 0 Å². The van der Waals surface area contributed by atoms with E-state index < -0.39 is 11.0 Å². The number of likely N-dealkylation sites (N-methyl/N-ethyl adjacent to an activating group) is 1. The van der Waals surface area contributed by atoms with Crippen molar-refractivity contribution < 1.29 is 14.4 Å². The molecule has 3 aliphatic heterocycles. The number of piperidine rings is 1. The summed E-state index contributed by atoms with van der Waals surface area (Å²) in [5.41, 5.74) is 9.17. The Morgan fingerprint density at radius 1 is 1.17 bits per heavy atom. The number of hydrogen-bond donors (Lipinski definition) is 2. The predicted octanol–water partition coefficient (Wildman–Crippen LogP) is 5.11. The molecule has 5 atom stereocenters. The number of ether oxygens (including phenoxy) is 1. The number of anilines is 2. The quantitative estimate of drug-likeness (QED) is 0.298. The fourth-order valence-electron chi connectivity index (χ4n) is 9.66. The third-order valence-corrected chi connectivity index (χ3v) is 13.1. The molecule has 2 saturated heterocycles. The maximum absolute atomic E-state index is 11.3. The highest BCUT2D eigenvalue weighted by Crippen LogP contribution is 2.55. The zero-order valence-electron chi connectivity index (χ0n) is 28.0. The summed E-state index contributed by atoms with van der Waals surface area (Å²) in [6.45, 7) is 9.35. The van der Waals surface area contributed by atoms with E-state index in [4.69, 9.17) is 35.2 Å². The summed E-state index contributed by atoms with van der Waals surface area (Å²) >= 11 is 1.55. The zero-order valence-corrected chi connectivity index (χ0v) is 28.8. The smallest absolute Gasteiger partial charge is 0.246 e. The second-order valence-corrected chi connectivity index (χ2v) is 16.0. The van der Waals surface area contributed by atoms with Crippen LogP contribution in [-0.4, -0.2) is 78.8 Å². The number of aromatic nitrogens is 5. The van der Waals surface area contributed by atoms with Crippen molar-refractivity contribution in [1.82, 2.24) is 29.8 Å². The fraction of sp³-hybridized carbons (Fsp3) is 0.629. The molecule has 0 saturated carbocycles. The van der Waals surface area contributed by atoms with Crippen molar-refractivity contribution in [1.29, 1.82) is 5.26 Å². The highest BCUT2D eigenvalue weighted by Gasteiger charge is 2.49. The van der Waals surface area contributed by atoms with Gasteiger partial charge in [-0.1, -0.05) is 12.1 Å². The highest BCUT2D eigenvalue weighted by atomic mass is 32.1. The van der Waals surface area contributed by atoms with Crippen LogP contribution in [-0.2, 0) is 18.3 Å². The lowest BCUT2D eigenvalue weighted by Gasteiger charge is -2.42. The van der Waals surface area contributed by atoms with Gasteiger partial charge in [0.1, 0.15) is 28.9 Å². The Bertz CT molecular complexity index is 1970. The first-order chi connectivity index (χ1) is 23.2. The number of nitrogens with two attached hydrogens (primary N) is 1. The van der Waals surface area contributed by atoms with Crippen LogP contribution >= 0.6 is 11.3 Å². The molecule has 7 heterocycles. The van der Waals surface area contributed by atoms with Crippen LogP contribution in [0.2, 0.25) is 0 Å². The molecule has 4 aromatic heterocycles. The number of nitrogens with zero attached hydrogens (tertiary/aromatic N) is 8. The monoisotopic (exact) mass is 669 g/mol. The van der Waals surface area contributed by atoms with Crippen LogP contribution in [0.3, 0.4) is 0 Å². The van der Waals surface area contributed by atoms with E-state index in [0.717, 1.165) is 98.2 Å². The minimum Gasteiger partial charge on any atom is -0.474 e. The Hall–Kier alpha value is -3.73. The van der Waals surface area contributed by atoms with Gasteiger partial charge in [-0.25, -0.2) is 14.6 Å². The maximum Gasteiger partial charge on any atom is 0.246 e. The molecule has 0 amide bonds. The molecule has 0 aromatic carbocycles. The number of rotatable bonds is 4. The van der Waals surface area contributed by atoms with Gasteiger partial charge in [0, 0.05) is 23.0 Å². The van der Waals surface area contributed by atoms with Gasteiger partial charge >= 0.3 is 0 Å². The summed E-state index contributed by atoms with van der Waals surface area (Å²) in [6.07, 6.45) is 9.20. The Kier molecular flexibility index (Phi) is 6.88. The van der Waals surface area contributed by atoms with Crippen LogP contribution in [0.15, 0.2) is 4.52 Å². The first-order valence-corrected chi connectivity index (χ1v) is 18.5. The second-order valence-electron chi connectivity index (χ2n) is 14.9. The van der Waals surface area contributed by atoms with E-state index in [1.54, 1.807) is 11.3 Å². The van der Waals surface area contributed by atoms with Crippen LogP contribution in [0.4, 0.5) is 10.8 Å². The van der Waals surface area contributed by atoms with E-state index in [2.05, 4.69) is 34.4 Å². The average Bonchev–Trinajstić information content (AvgIpc) is 3.86. The van der Waals surface area contributed by atoms with Crippen molar-refractivity contribution >= 4 is 33.2 Å². The molecular formula is C35H43N9O3S. The largest absolute Gasteiger partial charge is 0.474 e. The van der Waals surface area contributed by atoms with Gasteiger partial charge in [-0.05, 0) is 96.7 Å². The van der Waals surface area contributed by atoms with E-state index >= 15 is 0 Å². The van der Waals surface area contributed by atoms with Crippen molar-refractivity contribution in [3.05, 3.63) is 27.3 Å². The first-order valence-electron chi connectivity index (χ1n) is 17.7. The lowest BCUT2D eigenvalue weighted by Crippen LogP contribution is -2.53. The SMILES string of the molecule is CCN1CCCC1C(C)n1nc2c3c(nc(-c4noc5c4CCCC54CCCc5sc(N)c(C#N)c54)nc31)N1CC(C)(O)CCC1CO2. The summed E-state index contributed by atoms with van der Waals surface area (Å²) in [4.78, 5) is 16.5. The molecule has 13 heteroatoms. The molecule has 3 N–H and O–H groups in total. The molecule has 4 aromatic rings. The van der Waals surface area contributed by atoms with Gasteiger partial charge in [0.2, 0.25) is 5.88 Å². The molecule has 0 radical (unpaired) electrons. The third-order valence-electron chi connectivity index (χ3n) is 12.0. The Labute approximate surface area is 283 Å². The minimum atomic E-state index is -0.855. The number of nitriles is 1. The highest BCUT2D eigenvalue weighted by molar-refractivity contribution is 7.16. The topological polar surface area (TPSA) is 155 Å². The molecule has 5 aliphatic rings. The van der Waals surface area contributed by atoms with E-state index in [9.17, 15) is 10.4 Å². The van der Waals surface area contributed by atoms with Crippen LogP contribution < -0.4 is 15.4 Å². The molecule has 48 heavy (non-hydrogen) atoms. The van der Waals surface area contributed by atoms with E-state index in [0.29, 0.717) is 53.6 Å². The third kappa shape index (κ3) is 4.31. The molecule has 0 bridgehead atoms. The van der Waals surface area contributed by atoms with Crippen molar-refractivity contribution in [3.8, 4) is 23.5 Å². The molecule has 2 aliphatic carbocycles. The lowest BCUT2D eigenvalue weighted by molar-refractivity contribution is 0.0321. The maximum atomic E-state index is 11.3. The number of fused-ring (bicyclic) bond motifs is 6. The van der Waals surface area contributed by atoms with E-state index in [-0.39, 0.29) is 12.1 Å². The van der Waals surface area contributed by atoms with Gasteiger partial charge in [-0.2, -0.15) is 5.26 Å². The summed E-state index contributed by atoms with van der Waals surface area (Å²) in [6, 6.07) is 2.88. The molecule has 5 unspecified atom stereocenters. The molecule has 252 valence electrons. The van der Waals surface area contributed by atoms with Crippen LogP contribution in [0.25, 0.3) is 22.6 Å². The normalized spacial score (nSPS) is 28.9. The minimum absolute atomic E-state index is 0.0604. The molecule has 2 fully saturated rings. The van der Waals surface area contributed by atoms with E-state index in [1.165, 1.54) is 11.3 Å². The number of nitrogen functional groups attached to an aromatic ring is 1. The van der Waals surface area contributed by atoms with Crippen molar-refractivity contribution in [2.75, 3.05) is 36.9 Å². The fourth-order valence-corrected chi connectivity index (χ4v) is 10.8. The van der Waals surface area contributed by atoms with Gasteiger partial charge in [-0.15, -0.1) is 16.4 Å². The van der Waals surface area contributed by atoms with Gasteiger partial charge in [0.05, 0.1) is 28.7 Å². The van der Waals surface area contributed by atoms with Crippen molar-refractivity contribution in [2.45, 2.75) is 114 Å². The summed E-state index contributed by atoms with van der Waals surface area (Å²) in [5.74, 6) is 2.64. The summed E-state index contributed by atoms with van der Waals surface area (Å²) in [7, 11) is 0. The van der Waals surface area contributed by atoms with Crippen LogP contribution in [0.1, 0.15) is 106 Å². The lowest BCUT2D eigenvalue weighted by atomic mass is 9.63. The van der Waals surface area contributed by atoms with Crippen LogP contribution in [0.5, 0.6) is 5.88 Å². The first kappa shape index (κ1) is 30.3. The van der Waals surface area contributed by atoms with Gasteiger partial charge in [0.15, 0.2) is 22.9 Å².